The van der Waals surface area contributed by atoms with E-state index in [2.05, 4.69) is 53.7 Å². The summed E-state index contributed by atoms with van der Waals surface area (Å²) in [5, 5.41) is 15.1. The molecule has 5 nitrogen and oxygen atoms in total. The zero-order valence-electron chi connectivity index (χ0n) is 10.4. The van der Waals surface area contributed by atoms with Gasteiger partial charge in [-0.15, -0.1) is 5.10 Å². The molecule has 0 saturated carbocycles. The van der Waals surface area contributed by atoms with Crippen molar-refractivity contribution in [1.82, 2.24) is 25.5 Å². The monoisotopic (exact) mass is 231 g/mol. The van der Waals surface area contributed by atoms with Crippen LogP contribution in [0.25, 0.3) is 5.69 Å². The highest BCUT2D eigenvalue weighted by Crippen LogP contribution is 2.09. The third-order valence-electron chi connectivity index (χ3n) is 2.45. The van der Waals surface area contributed by atoms with Crippen molar-refractivity contribution in [2.24, 2.45) is 0 Å². The molecule has 0 radical (unpaired) electrons. The van der Waals surface area contributed by atoms with Crippen molar-refractivity contribution in [2.45, 2.75) is 33.4 Å². The van der Waals surface area contributed by atoms with E-state index in [0.717, 1.165) is 11.5 Å². The standard InChI is InChI=1S/C12H17N5/c1-9(2)13-8-12-14-15-16-17(12)11-6-4-5-10(3)7-11/h4-7,9,13H,8H2,1-3H3. The van der Waals surface area contributed by atoms with E-state index in [9.17, 15) is 0 Å². The molecular weight excluding hydrogens is 214 g/mol. The number of benzene rings is 1. The Labute approximate surface area is 101 Å². The molecule has 0 aliphatic carbocycles. The van der Waals surface area contributed by atoms with Crippen molar-refractivity contribution in [3.05, 3.63) is 35.7 Å². The minimum atomic E-state index is 0.414. The molecule has 17 heavy (non-hydrogen) atoms. The van der Waals surface area contributed by atoms with E-state index >= 15 is 0 Å². The van der Waals surface area contributed by atoms with Crippen LogP contribution < -0.4 is 5.32 Å². The minimum absolute atomic E-state index is 0.414. The van der Waals surface area contributed by atoms with Gasteiger partial charge < -0.3 is 5.32 Å². The van der Waals surface area contributed by atoms with Crippen molar-refractivity contribution < 1.29 is 0 Å². The summed E-state index contributed by atoms with van der Waals surface area (Å²) >= 11 is 0. The van der Waals surface area contributed by atoms with Crippen LogP contribution in [0.2, 0.25) is 0 Å². The average Bonchev–Trinajstić information content (AvgIpc) is 2.74. The SMILES string of the molecule is Cc1cccc(-n2nnnc2CNC(C)C)c1. The van der Waals surface area contributed by atoms with E-state index in [-0.39, 0.29) is 0 Å². The van der Waals surface area contributed by atoms with Crippen molar-refractivity contribution in [3.63, 3.8) is 0 Å². The molecule has 2 aromatic rings. The fourth-order valence-corrected chi connectivity index (χ4v) is 1.57. The molecule has 0 atom stereocenters. The number of hydrogen-bond acceptors (Lipinski definition) is 4. The Morgan fingerprint density at radius 3 is 2.88 bits per heavy atom. The molecule has 0 aliphatic rings. The third-order valence-corrected chi connectivity index (χ3v) is 2.45. The summed E-state index contributed by atoms with van der Waals surface area (Å²) in [5.74, 6) is 0.823. The lowest BCUT2D eigenvalue weighted by molar-refractivity contribution is 0.563. The van der Waals surface area contributed by atoms with E-state index in [4.69, 9.17) is 0 Å². The van der Waals surface area contributed by atoms with E-state index < -0.39 is 0 Å². The molecule has 1 heterocycles. The normalized spacial score (nSPS) is 11.1. The summed E-state index contributed by atoms with van der Waals surface area (Å²) in [7, 11) is 0. The lowest BCUT2D eigenvalue weighted by Gasteiger charge is -2.08. The van der Waals surface area contributed by atoms with Crippen LogP contribution in [0.3, 0.4) is 0 Å². The van der Waals surface area contributed by atoms with Gasteiger partial charge in [-0.2, -0.15) is 4.68 Å². The summed E-state index contributed by atoms with van der Waals surface area (Å²) in [5.41, 5.74) is 2.19. The summed E-state index contributed by atoms with van der Waals surface area (Å²) in [6, 6.07) is 8.54. The van der Waals surface area contributed by atoms with Gasteiger partial charge in [-0.05, 0) is 35.0 Å². The van der Waals surface area contributed by atoms with Crippen molar-refractivity contribution in [1.29, 1.82) is 0 Å². The van der Waals surface area contributed by atoms with Gasteiger partial charge in [0, 0.05) is 6.04 Å². The van der Waals surface area contributed by atoms with Gasteiger partial charge >= 0.3 is 0 Å². The van der Waals surface area contributed by atoms with Crippen LogP contribution in [-0.4, -0.2) is 26.2 Å². The predicted octanol–water partition coefficient (Wildman–Crippen LogP) is 1.47. The molecule has 0 amide bonds. The first-order valence-electron chi connectivity index (χ1n) is 5.74. The summed E-state index contributed by atoms with van der Waals surface area (Å²) in [6.45, 7) is 6.92. The lowest BCUT2D eigenvalue weighted by Crippen LogP contribution is -2.24. The van der Waals surface area contributed by atoms with Crippen molar-refractivity contribution in [2.75, 3.05) is 0 Å². The molecule has 2 rings (SSSR count). The van der Waals surface area contributed by atoms with Gasteiger partial charge in [0.15, 0.2) is 5.82 Å². The highest BCUT2D eigenvalue weighted by molar-refractivity contribution is 5.34. The molecule has 0 saturated heterocycles. The topological polar surface area (TPSA) is 55.6 Å². The first-order chi connectivity index (χ1) is 8.16. The second-order valence-corrected chi connectivity index (χ2v) is 4.38. The summed E-state index contributed by atoms with van der Waals surface area (Å²) in [6.07, 6.45) is 0. The van der Waals surface area contributed by atoms with Gasteiger partial charge in [0.05, 0.1) is 12.2 Å². The maximum absolute atomic E-state index is 4.03. The molecule has 5 heteroatoms. The van der Waals surface area contributed by atoms with Crippen LogP contribution in [0.1, 0.15) is 25.2 Å². The largest absolute Gasteiger partial charge is 0.308 e. The number of rotatable bonds is 4. The molecule has 0 aliphatic heterocycles. The highest BCUT2D eigenvalue weighted by atomic mass is 15.5. The lowest BCUT2D eigenvalue weighted by atomic mass is 10.2. The molecule has 1 aromatic carbocycles. The molecule has 0 bridgehead atoms. The Morgan fingerprint density at radius 2 is 2.18 bits per heavy atom. The van der Waals surface area contributed by atoms with Crippen LogP contribution in [0.4, 0.5) is 0 Å². The Morgan fingerprint density at radius 1 is 1.35 bits per heavy atom. The minimum Gasteiger partial charge on any atom is -0.308 e. The number of nitrogens with zero attached hydrogens (tertiary/aromatic N) is 4. The quantitative estimate of drug-likeness (QED) is 0.865. The number of nitrogens with one attached hydrogen (secondary N) is 1. The second-order valence-electron chi connectivity index (χ2n) is 4.38. The Kier molecular flexibility index (Phi) is 3.49. The summed E-state index contributed by atoms with van der Waals surface area (Å²) < 4.78 is 1.77. The van der Waals surface area contributed by atoms with E-state index in [1.54, 1.807) is 4.68 Å². The predicted molar refractivity (Wildman–Crippen MR) is 65.9 cm³/mol. The molecule has 1 aromatic heterocycles. The van der Waals surface area contributed by atoms with Crippen LogP contribution in [-0.2, 0) is 6.54 Å². The van der Waals surface area contributed by atoms with Crippen LogP contribution in [0.5, 0.6) is 0 Å². The zero-order valence-corrected chi connectivity index (χ0v) is 10.4. The molecule has 0 unspecified atom stereocenters. The molecule has 0 spiro atoms. The van der Waals surface area contributed by atoms with Crippen molar-refractivity contribution >= 4 is 0 Å². The van der Waals surface area contributed by atoms with Crippen LogP contribution >= 0.6 is 0 Å². The van der Waals surface area contributed by atoms with Crippen LogP contribution in [0, 0.1) is 6.92 Å². The van der Waals surface area contributed by atoms with Gasteiger partial charge in [0.1, 0.15) is 0 Å². The average molecular weight is 231 g/mol. The molecule has 0 fully saturated rings. The fourth-order valence-electron chi connectivity index (χ4n) is 1.57. The Bertz CT molecular complexity index is 489. The van der Waals surface area contributed by atoms with Crippen LogP contribution in [0.15, 0.2) is 24.3 Å². The number of aromatic nitrogens is 4. The van der Waals surface area contributed by atoms with E-state index in [1.807, 2.05) is 12.1 Å². The van der Waals surface area contributed by atoms with Gasteiger partial charge in [-0.3, -0.25) is 0 Å². The molecular formula is C12H17N5. The zero-order chi connectivity index (χ0) is 12.3. The smallest absolute Gasteiger partial charge is 0.170 e. The maximum Gasteiger partial charge on any atom is 0.170 e. The first-order valence-corrected chi connectivity index (χ1v) is 5.74. The molecule has 1 N–H and O–H groups in total. The molecule has 90 valence electrons. The number of tetrazole rings is 1. The number of hydrogen-bond donors (Lipinski definition) is 1. The highest BCUT2D eigenvalue weighted by Gasteiger charge is 2.08. The maximum atomic E-state index is 4.03. The van der Waals surface area contributed by atoms with Gasteiger partial charge in [0.25, 0.3) is 0 Å². The van der Waals surface area contributed by atoms with E-state index in [0.29, 0.717) is 12.6 Å². The van der Waals surface area contributed by atoms with Gasteiger partial charge in [-0.25, -0.2) is 0 Å². The second kappa shape index (κ2) is 5.05. The van der Waals surface area contributed by atoms with E-state index in [1.165, 1.54) is 5.56 Å². The van der Waals surface area contributed by atoms with Crippen molar-refractivity contribution in [3.8, 4) is 5.69 Å². The van der Waals surface area contributed by atoms with Gasteiger partial charge in [0.2, 0.25) is 0 Å². The summed E-state index contributed by atoms with van der Waals surface area (Å²) in [4.78, 5) is 0. The Balaban J connectivity index is 2.24. The fraction of sp³-hybridized carbons (Fsp3) is 0.417. The first kappa shape index (κ1) is 11.7. The number of aryl methyl sites for hydroxylation is 1. The third kappa shape index (κ3) is 2.88. The van der Waals surface area contributed by atoms with Gasteiger partial charge in [-0.1, -0.05) is 26.0 Å². The Hall–Kier alpha value is -1.75.